The number of cyclic esters (lactones) is 1. The van der Waals surface area contributed by atoms with Gasteiger partial charge in [0, 0.05) is 30.9 Å². The largest absolute Gasteiger partial charge is 0.458 e. The number of esters is 1. The Hall–Kier alpha value is -2.15. The molecule has 0 aromatic rings. The van der Waals surface area contributed by atoms with Crippen LogP contribution < -0.4 is 0 Å². The molecule has 10 nitrogen and oxygen atoms in total. The van der Waals surface area contributed by atoms with E-state index in [-0.39, 0.29) is 41.8 Å². The summed E-state index contributed by atoms with van der Waals surface area (Å²) in [5.41, 5.74) is 3.94. The van der Waals surface area contributed by atoms with Crippen LogP contribution in [0.15, 0.2) is 58.7 Å². The van der Waals surface area contributed by atoms with Crippen molar-refractivity contribution in [3.05, 3.63) is 58.7 Å². The van der Waals surface area contributed by atoms with E-state index in [9.17, 15) is 15.0 Å². The zero-order valence-corrected chi connectivity index (χ0v) is 35.7. The van der Waals surface area contributed by atoms with Gasteiger partial charge in [-0.3, -0.25) is 0 Å². The van der Waals surface area contributed by atoms with Crippen molar-refractivity contribution >= 4 is 5.97 Å². The Balaban J connectivity index is 2.00. The number of aliphatic hydroxyl groups excluding tert-OH is 2. The number of allylic oxidation sites excluding steroid dienone is 6. The summed E-state index contributed by atoms with van der Waals surface area (Å²) in [4.78, 5) is 15.1. The van der Waals surface area contributed by atoms with Gasteiger partial charge in [-0.25, -0.2) is 4.79 Å². The van der Waals surface area contributed by atoms with Crippen LogP contribution in [0.1, 0.15) is 102 Å². The van der Waals surface area contributed by atoms with Crippen LogP contribution in [0.25, 0.3) is 0 Å². The van der Waals surface area contributed by atoms with Crippen molar-refractivity contribution in [2.75, 3.05) is 21.2 Å². The molecule has 0 spiro atoms. The molecule has 14 atom stereocenters. The van der Waals surface area contributed by atoms with E-state index in [4.69, 9.17) is 28.4 Å². The molecule has 0 aromatic heterocycles. The number of hydrogen-bond donors (Lipinski definition) is 2. The zero-order valence-electron chi connectivity index (χ0n) is 35.7. The molecule has 2 saturated heterocycles. The first-order chi connectivity index (χ1) is 25.4. The quantitative estimate of drug-likeness (QED) is 0.183. The van der Waals surface area contributed by atoms with Gasteiger partial charge in [0.25, 0.3) is 0 Å². The number of rotatable bonds is 9. The molecule has 10 heteroatoms. The third-order valence-electron chi connectivity index (χ3n) is 11.7. The molecule has 3 rings (SSSR count). The number of carbonyl (C=O) groups excluding carboxylic acids is 1. The molecule has 0 amide bonds. The van der Waals surface area contributed by atoms with Crippen molar-refractivity contribution in [1.29, 1.82) is 0 Å². The highest BCUT2D eigenvalue weighted by Gasteiger charge is 2.51. The highest BCUT2D eigenvalue weighted by molar-refractivity contribution is 5.88. The van der Waals surface area contributed by atoms with Crippen molar-refractivity contribution < 1.29 is 43.4 Å². The summed E-state index contributed by atoms with van der Waals surface area (Å²) in [7, 11) is 5.35. The van der Waals surface area contributed by atoms with Crippen molar-refractivity contribution in [2.24, 2.45) is 23.7 Å². The first-order valence-corrected chi connectivity index (χ1v) is 20.2. The SMILES string of the molecule is CC/C1=C\C=C\C[C@H](C)/C(C)=C/[C@H](CC)[C@@H](O[C@@H]2OC(C)[C@@H](O[C@@H]3O[C@H](C)[C@@H](C)[C@H](O)[C@H]3OC)[C@H](N(C)C)[C@H]2O)/C(C)=C/C(C)=C/C[C@@H](C(C)C)OC1=O. The summed E-state index contributed by atoms with van der Waals surface area (Å²) in [6.45, 7) is 22.6. The van der Waals surface area contributed by atoms with Gasteiger partial charge in [-0.1, -0.05) is 89.1 Å². The highest BCUT2D eigenvalue weighted by atomic mass is 16.7. The molecule has 3 heterocycles. The smallest absolute Gasteiger partial charge is 0.334 e. The molecule has 2 fully saturated rings. The van der Waals surface area contributed by atoms with E-state index >= 15 is 0 Å². The van der Waals surface area contributed by atoms with Gasteiger partial charge in [0.05, 0.1) is 30.5 Å². The predicted octanol–water partition coefficient (Wildman–Crippen LogP) is 7.30. The fraction of sp³-hybridized carbons (Fsp3) is 0.750. The number of aliphatic hydroxyl groups is 2. The second kappa shape index (κ2) is 21.4. The Morgan fingerprint density at radius 1 is 0.907 bits per heavy atom. The lowest BCUT2D eigenvalue weighted by molar-refractivity contribution is -0.345. The van der Waals surface area contributed by atoms with Gasteiger partial charge >= 0.3 is 5.97 Å². The summed E-state index contributed by atoms with van der Waals surface area (Å²) < 4.78 is 37.9. The Kier molecular flexibility index (Phi) is 18.3. The van der Waals surface area contributed by atoms with E-state index in [1.54, 1.807) is 0 Å². The maximum Gasteiger partial charge on any atom is 0.334 e. The highest BCUT2D eigenvalue weighted by Crippen LogP contribution is 2.36. The van der Waals surface area contributed by atoms with Gasteiger partial charge in [-0.2, -0.15) is 0 Å². The van der Waals surface area contributed by atoms with Crippen molar-refractivity contribution in [3.63, 3.8) is 0 Å². The molecular weight excluding hydrogens is 686 g/mol. The van der Waals surface area contributed by atoms with Crippen molar-refractivity contribution in [1.82, 2.24) is 4.90 Å². The lowest BCUT2D eigenvalue weighted by Crippen LogP contribution is -2.65. The summed E-state index contributed by atoms with van der Waals surface area (Å²) in [5.74, 6) is -0.00579. The molecule has 3 aliphatic heterocycles. The molecule has 0 bridgehead atoms. The van der Waals surface area contributed by atoms with Crippen LogP contribution in [-0.2, 0) is 33.2 Å². The molecule has 0 aliphatic carbocycles. The monoisotopic (exact) mass is 760 g/mol. The third kappa shape index (κ3) is 11.9. The van der Waals surface area contributed by atoms with E-state index in [2.05, 4.69) is 72.8 Å². The molecule has 2 N–H and O–H groups in total. The van der Waals surface area contributed by atoms with E-state index in [1.165, 1.54) is 12.7 Å². The zero-order chi connectivity index (χ0) is 40.4. The topological polar surface area (TPSA) is 116 Å². The molecule has 0 radical (unpaired) electrons. The molecule has 3 aliphatic rings. The fourth-order valence-corrected chi connectivity index (χ4v) is 7.64. The minimum atomic E-state index is -1.07. The number of likely N-dealkylation sites (N-methyl/N-ethyl adjacent to an activating group) is 1. The first-order valence-electron chi connectivity index (χ1n) is 20.2. The van der Waals surface area contributed by atoms with Gasteiger partial charge in [0.15, 0.2) is 12.6 Å². The van der Waals surface area contributed by atoms with Crippen LogP contribution in [0, 0.1) is 23.7 Å². The normalized spacial score (nSPS) is 42.7. The molecular formula is C44H73NO9. The number of hydrogen-bond acceptors (Lipinski definition) is 10. The van der Waals surface area contributed by atoms with Crippen LogP contribution in [0.2, 0.25) is 0 Å². The van der Waals surface area contributed by atoms with Gasteiger partial charge < -0.3 is 43.5 Å². The lowest BCUT2D eigenvalue weighted by atomic mass is 9.87. The van der Waals surface area contributed by atoms with Crippen LogP contribution in [0.4, 0.5) is 0 Å². The van der Waals surface area contributed by atoms with Crippen molar-refractivity contribution in [2.45, 2.75) is 169 Å². The third-order valence-corrected chi connectivity index (χ3v) is 11.7. The molecule has 308 valence electrons. The molecule has 0 aromatic carbocycles. The number of ether oxygens (including phenoxy) is 6. The van der Waals surface area contributed by atoms with E-state index in [1.807, 2.05) is 58.8 Å². The summed E-state index contributed by atoms with van der Waals surface area (Å²) in [6.07, 6.45) is 8.98. The number of methoxy groups -OCH3 is 1. The standard InChI is InChI=1S/C44H73NO9/c1-15-33-20-18-17-19-27(6)28(7)24-34(16-2)39(29(8)23-26(5)21-22-35(25(3)4)52-42(33)48)53-43-38(47)36(45(12)13)40(32(11)51-43)54-44-41(49-14)37(46)30(9)31(10)50-44/h17-18,20-21,23-25,27,30-32,34-41,43-44,46-47H,15-16,19,22H2,1-14H3/b18-17+,26-21+,28-24+,29-23+,33-20+/t27-,30+,31+,32?,34-,35-,36+,37-,38+,39-,40+,41+,43-,44-/m0/s1. The second-order valence-corrected chi connectivity index (χ2v) is 16.4. The molecule has 54 heavy (non-hydrogen) atoms. The van der Waals surface area contributed by atoms with Gasteiger partial charge in [-0.05, 0) is 85.4 Å². The lowest BCUT2D eigenvalue weighted by Gasteiger charge is -2.50. The van der Waals surface area contributed by atoms with Crippen LogP contribution >= 0.6 is 0 Å². The van der Waals surface area contributed by atoms with Crippen LogP contribution in [0.5, 0.6) is 0 Å². The Morgan fingerprint density at radius 2 is 1.57 bits per heavy atom. The summed E-state index contributed by atoms with van der Waals surface area (Å²) in [6, 6.07) is -0.515. The van der Waals surface area contributed by atoms with Gasteiger partial charge in [-0.15, -0.1) is 0 Å². The first kappa shape index (κ1) is 46.2. The van der Waals surface area contributed by atoms with E-state index in [0.717, 1.165) is 24.0 Å². The maximum absolute atomic E-state index is 13.2. The summed E-state index contributed by atoms with van der Waals surface area (Å²) in [5, 5.41) is 23.0. The van der Waals surface area contributed by atoms with Crippen LogP contribution in [-0.4, -0.2) is 110 Å². The average Bonchev–Trinajstić information content (AvgIpc) is 3.11. The Morgan fingerprint density at radius 3 is 2.17 bits per heavy atom. The summed E-state index contributed by atoms with van der Waals surface area (Å²) >= 11 is 0. The Labute approximate surface area is 326 Å². The van der Waals surface area contributed by atoms with Crippen LogP contribution in [0.3, 0.4) is 0 Å². The van der Waals surface area contributed by atoms with E-state index in [0.29, 0.717) is 18.4 Å². The molecule has 0 saturated carbocycles. The average molecular weight is 760 g/mol. The van der Waals surface area contributed by atoms with Crippen molar-refractivity contribution in [3.8, 4) is 0 Å². The number of nitrogens with zero attached hydrogens (tertiary/aromatic N) is 1. The predicted molar refractivity (Wildman–Crippen MR) is 214 cm³/mol. The van der Waals surface area contributed by atoms with Gasteiger partial charge in [0.1, 0.15) is 24.4 Å². The van der Waals surface area contributed by atoms with E-state index < -0.39 is 55.2 Å². The minimum absolute atomic E-state index is 0.00345. The fourth-order valence-electron chi connectivity index (χ4n) is 7.64. The number of carbonyl (C=O) groups is 1. The molecule has 1 unspecified atom stereocenters. The second-order valence-electron chi connectivity index (χ2n) is 16.4. The van der Waals surface area contributed by atoms with Gasteiger partial charge in [0.2, 0.25) is 0 Å². The Bertz CT molecular complexity index is 1350. The minimum Gasteiger partial charge on any atom is -0.458 e. The maximum atomic E-state index is 13.2.